The van der Waals surface area contributed by atoms with Gasteiger partial charge in [-0.3, -0.25) is 19.2 Å². The molecule has 194 valence electrons. The molecule has 0 aliphatic heterocycles. The number of amides is 4. The zero-order valence-electron chi connectivity index (χ0n) is 19.0. The molecule has 0 fully saturated rings. The Morgan fingerprint density at radius 1 is 0.971 bits per heavy atom. The standard InChI is InChI=1S/C21H31N5O8S/c1-10(27)17(26-18(30)13(22)6-7-16(23)29)20(32)25-15(9-35)19(31)24-14(21(33)34)8-11-2-4-12(28)5-3-11/h2-5,10,13-15,17,27-28,35H,6-9,22H2,1H3,(H2,23,29)(H,24,31)(H,25,32)(H,26,30)(H,33,34). The Bertz CT molecular complexity index is 911. The molecule has 1 aromatic rings. The van der Waals surface area contributed by atoms with Crippen LogP contribution in [0.4, 0.5) is 0 Å². The fourth-order valence-electron chi connectivity index (χ4n) is 2.89. The minimum absolute atomic E-state index is 0.00362. The van der Waals surface area contributed by atoms with Crippen LogP contribution >= 0.6 is 12.6 Å². The van der Waals surface area contributed by atoms with Gasteiger partial charge in [0.2, 0.25) is 23.6 Å². The number of aromatic hydroxyl groups is 1. The highest BCUT2D eigenvalue weighted by molar-refractivity contribution is 7.80. The van der Waals surface area contributed by atoms with E-state index in [1.54, 1.807) is 0 Å². The van der Waals surface area contributed by atoms with E-state index in [1.807, 2.05) is 0 Å². The molecule has 5 unspecified atom stereocenters. The van der Waals surface area contributed by atoms with Crippen molar-refractivity contribution >= 4 is 42.2 Å². The lowest BCUT2D eigenvalue weighted by Crippen LogP contribution is -2.60. The largest absolute Gasteiger partial charge is 0.508 e. The number of aliphatic hydroxyl groups is 1. The van der Waals surface area contributed by atoms with E-state index in [9.17, 15) is 39.3 Å². The Hall–Kier alpha value is -3.36. The highest BCUT2D eigenvalue weighted by Gasteiger charge is 2.32. The maximum absolute atomic E-state index is 12.7. The zero-order valence-corrected chi connectivity index (χ0v) is 19.9. The normalized spacial score (nSPS) is 15.1. The molecule has 0 aliphatic carbocycles. The minimum Gasteiger partial charge on any atom is -0.508 e. The molecule has 0 heterocycles. The summed E-state index contributed by atoms with van der Waals surface area (Å²) in [5.74, 6) is -4.82. The van der Waals surface area contributed by atoms with Crippen LogP contribution in [0.1, 0.15) is 25.3 Å². The number of aliphatic carboxylic acids is 1. The number of thiol groups is 1. The van der Waals surface area contributed by atoms with Gasteiger partial charge in [-0.05, 0) is 31.0 Å². The van der Waals surface area contributed by atoms with E-state index in [4.69, 9.17) is 11.5 Å². The number of carbonyl (C=O) groups excluding carboxylic acids is 4. The van der Waals surface area contributed by atoms with Gasteiger partial charge in [-0.2, -0.15) is 12.6 Å². The summed E-state index contributed by atoms with van der Waals surface area (Å²) in [5.41, 5.74) is 11.2. The molecule has 0 radical (unpaired) electrons. The maximum Gasteiger partial charge on any atom is 0.326 e. The number of primary amides is 1. The van der Waals surface area contributed by atoms with E-state index < -0.39 is 59.9 Å². The second-order valence-electron chi connectivity index (χ2n) is 7.85. The van der Waals surface area contributed by atoms with Crippen molar-refractivity contribution in [2.24, 2.45) is 11.5 Å². The average Bonchev–Trinajstić information content (AvgIpc) is 2.79. The molecule has 0 bridgehead atoms. The predicted octanol–water partition coefficient (Wildman–Crippen LogP) is -2.62. The van der Waals surface area contributed by atoms with Crippen molar-refractivity contribution in [1.29, 1.82) is 0 Å². The number of nitrogens with one attached hydrogen (secondary N) is 3. The summed E-state index contributed by atoms with van der Waals surface area (Å²) in [5, 5.41) is 35.7. The van der Waals surface area contributed by atoms with E-state index in [-0.39, 0.29) is 30.8 Å². The van der Waals surface area contributed by atoms with Crippen LogP contribution in [0.3, 0.4) is 0 Å². The second-order valence-corrected chi connectivity index (χ2v) is 8.22. The van der Waals surface area contributed by atoms with Crippen LogP contribution in [-0.4, -0.2) is 80.9 Å². The van der Waals surface area contributed by atoms with Gasteiger partial charge in [-0.1, -0.05) is 12.1 Å². The van der Waals surface area contributed by atoms with Gasteiger partial charge in [0, 0.05) is 18.6 Å². The van der Waals surface area contributed by atoms with Crippen LogP contribution < -0.4 is 27.4 Å². The molecule has 0 saturated heterocycles. The molecule has 0 aromatic heterocycles. The zero-order chi connectivity index (χ0) is 26.7. The molecular weight excluding hydrogens is 482 g/mol. The fraction of sp³-hybridized carbons (Fsp3) is 0.476. The monoisotopic (exact) mass is 513 g/mol. The summed E-state index contributed by atoms with van der Waals surface area (Å²) in [6.45, 7) is 1.23. The van der Waals surface area contributed by atoms with Gasteiger partial charge in [0.1, 0.15) is 23.9 Å². The first kappa shape index (κ1) is 29.7. The number of carboxylic acids is 1. The molecule has 14 heteroatoms. The van der Waals surface area contributed by atoms with Crippen molar-refractivity contribution in [3.63, 3.8) is 0 Å². The Balaban J connectivity index is 2.83. The number of aliphatic hydroxyl groups excluding tert-OH is 1. The highest BCUT2D eigenvalue weighted by Crippen LogP contribution is 2.11. The lowest BCUT2D eigenvalue weighted by Gasteiger charge is -2.25. The van der Waals surface area contributed by atoms with Crippen LogP contribution in [0.5, 0.6) is 5.75 Å². The van der Waals surface area contributed by atoms with E-state index in [2.05, 4.69) is 28.6 Å². The number of phenols is 1. The molecule has 5 atom stereocenters. The van der Waals surface area contributed by atoms with Crippen LogP contribution in [0, 0.1) is 0 Å². The minimum atomic E-state index is -1.50. The van der Waals surface area contributed by atoms with Gasteiger partial charge in [0.25, 0.3) is 0 Å². The summed E-state index contributed by atoms with van der Waals surface area (Å²) in [6.07, 6.45) is -1.71. The smallest absolute Gasteiger partial charge is 0.326 e. The third kappa shape index (κ3) is 10.2. The second kappa shape index (κ2) is 14.1. The molecule has 1 aromatic carbocycles. The summed E-state index contributed by atoms with van der Waals surface area (Å²) >= 11 is 4.02. The Kier molecular flexibility index (Phi) is 12.0. The van der Waals surface area contributed by atoms with Crippen LogP contribution in [0.15, 0.2) is 24.3 Å². The third-order valence-electron chi connectivity index (χ3n) is 4.91. The topological polar surface area (TPSA) is 234 Å². The third-order valence-corrected chi connectivity index (χ3v) is 5.27. The van der Waals surface area contributed by atoms with Gasteiger partial charge in [-0.15, -0.1) is 0 Å². The molecular formula is C21H31N5O8S. The van der Waals surface area contributed by atoms with E-state index in [0.717, 1.165) is 0 Å². The number of hydrogen-bond acceptors (Lipinski definition) is 9. The maximum atomic E-state index is 12.7. The van der Waals surface area contributed by atoms with E-state index in [1.165, 1.54) is 31.2 Å². The van der Waals surface area contributed by atoms with Crippen molar-refractivity contribution in [3.8, 4) is 5.75 Å². The molecule has 0 spiro atoms. The van der Waals surface area contributed by atoms with Crippen LogP contribution in [-0.2, 0) is 30.4 Å². The van der Waals surface area contributed by atoms with Crippen molar-refractivity contribution in [2.75, 3.05) is 5.75 Å². The first-order chi connectivity index (χ1) is 16.3. The lowest BCUT2D eigenvalue weighted by atomic mass is 10.1. The van der Waals surface area contributed by atoms with Gasteiger partial charge in [-0.25, -0.2) is 4.79 Å². The number of carboxylic acid groups (broad SMARTS) is 1. The molecule has 13 nitrogen and oxygen atoms in total. The number of phenolic OH excluding ortho intramolecular Hbond substituents is 1. The first-order valence-corrected chi connectivity index (χ1v) is 11.2. The highest BCUT2D eigenvalue weighted by atomic mass is 32.1. The van der Waals surface area contributed by atoms with E-state index in [0.29, 0.717) is 5.56 Å². The van der Waals surface area contributed by atoms with Crippen molar-refractivity contribution in [2.45, 2.75) is 56.5 Å². The van der Waals surface area contributed by atoms with Crippen LogP contribution in [0.2, 0.25) is 0 Å². The summed E-state index contributed by atoms with van der Waals surface area (Å²) in [6, 6.07) is 0.435. The number of carbonyl (C=O) groups is 5. The fourth-order valence-corrected chi connectivity index (χ4v) is 3.15. The van der Waals surface area contributed by atoms with Crippen molar-refractivity contribution in [1.82, 2.24) is 16.0 Å². The van der Waals surface area contributed by atoms with Gasteiger partial charge in [0.15, 0.2) is 0 Å². The molecule has 0 saturated carbocycles. The molecule has 4 amide bonds. The summed E-state index contributed by atoms with van der Waals surface area (Å²) < 4.78 is 0. The SMILES string of the molecule is CC(O)C(NC(=O)C(N)CCC(N)=O)C(=O)NC(CS)C(=O)NC(Cc1ccc(O)cc1)C(=O)O. The number of rotatable bonds is 14. The Morgan fingerprint density at radius 2 is 1.54 bits per heavy atom. The summed E-state index contributed by atoms with van der Waals surface area (Å²) in [4.78, 5) is 60.0. The molecule has 35 heavy (non-hydrogen) atoms. The number of nitrogens with two attached hydrogens (primary N) is 2. The quantitative estimate of drug-likeness (QED) is 0.118. The average molecular weight is 514 g/mol. The molecule has 1 rings (SSSR count). The van der Waals surface area contributed by atoms with Gasteiger partial charge < -0.3 is 42.7 Å². The van der Waals surface area contributed by atoms with Crippen LogP contribution in [0.25, 0.3) is 0 Å². The van der Waals surface area contributed by atoms with E-state index >= 15 is 0 Å². The first-order valence-electron chi connectivity index (χ1n) is 10.6. The summed E-state index contributed by atoms with van der Waals surface area (Å²) in [7, 11) is 0. The molecule has 10 N–H and O–H groups in total. The Labute approximate surface area is 207 Å². The predicted molar refractivity (Wildman–Crippen MR) is 127 cm³/mol. The van der Waals surface area contributed by atoms with Gasteiger partial charge >= 0.3 is 5.97 Å². The van der Waals surface area contributed by atoms with Crippen molar-refractivity contribution < 1.29 is 39.3 Å². The number of hydrogen-bond donors (Lipinski definition) is 9. The lowest BCUT2D eigenvalue weighted by molar-refractivity contribution is -0.142. The molecule has 0 aliphatic rings. The van der Waals surface area contributed by atoms with Crippen molar-refractivity contribution in [3.05, 3.63) is 29.8 Å². The Morgan fingerprint density at radius 3 is 2.03 bits per heavy atom. The number of benzene rings is 1. The van der Waals surface area contributed by atoms with Gasteiger partial charge in [0.05, 0.1) is 12.1 Å².